The molecule has 1 aromatic rings. The smallest absolute Gasteiger partial charge is 0.253 e. The van der Waals surface area contributed by atoms with Crippen LogP contribution in [0.1, 0.15) is 40.5 Å². The van der Waals surface area contributed by atoms with E-state index in [2.05, 4.69) is 0 Å². The first-order chi connectivity index (χ1) is 19.2. The number of carbonyl (C=O) groups is 3. The molecule has 6 atom stereocenters. The second-order valence-corrected chi connectivity index (χ2v) is 11.6. The molecule has 4 aliphatic rings. The molecule has 3 amide bonds. The summed E-state index contributed by atoms with van der Waals surface area (Å²) in [7, 11) is 1.59. The number of carbonyl (C=O) groups excluding carboxylic acids is 3. The molecule has 2 fully saturated rings. The fourth-order valence-corrected chi connectivity index (χ4v) is 7.19. The number of rotatable bonds is 8. The van der Waals surface area contributed by atoms with Crippen LogP contribution >= 0.6 is 0 Å². The average molecular weight is 552 g/mol. The lowest BCUT2D eigenvalue weighted by Crippen LogP contribution is -2.60. The van der Waals surface area contributed by atoms with Gasteiger partial charge in [-0.05, 0) is 43.0 Å². The summed E-state index contributed by atoms with van der Waals surface area (Å²) in [4.78, 5) is 48.4. The topological polar surface area (TPSA) is 99.6 Å². The van der Waals surface area contributed by atoms with Crippen LogP contribution in [0.3, 0.4) is 0 Å². The normalized spacial score (nSPS) is 32.2. The monoisotopic (exact) mass is 551 g/mol. The van der Waals surface area contributed by atoms with Crippen LogP contribution in [-0.4, -0.2) is 89.3 Å². The van der Waals surface area contributed by atoms with E-state index in [0.29, 0.717) is 30.9 Å². The van der Waals surface area contributed by atoms with Gasteiger partial charge in [0, 0.05) is 25.3 Å². The molecule has 0 aromatic heterocycles. The number of ether oxygens (including phenoxy) is 2. The van der Waals surface area contributed by atoms with E-state index in [4.69, 9.17) is 9.47 Å². The minimum Gasteiger partial charge on any atom is -0.497 e. The fraction of sp³-hybridized carbons (Fsp3) is 0.581. The van der Waals surface area contributed by atoms with Gasteiger partial charge >= 0.3 is 0 Å². The molecule has 40 heavy (non-hydrogen) atoms. The zero-order valence-corrected chi connectivity index (χ0v) is 24.1. The van der Waals surface area contributed by atoms with Crippen LogP contribution < -0.4 is 9.64 Å². The number of methoxy groups -OCH3 is 1. The Kier molecular flexibility index (Phi) is 7.56. The van der Waals surface area contributed by atoms with E-state index in [0.717, 1.165) is 6.42 Å². The van der Waals surface area contributed by atoms with Crippen molar-refractivity contribution in [2.75, 3.05) is 38.3 Å². The van der Waals surface area contributed by atoms with E-state index in [1.807, 2.05) is 64.1 Å². The van der Waals surface area contributed by atoms with Crippen molar-refractivity contribution < 1.29 is 29.0 Å². The summed E-state index contributed by atoms with van der Waals surface area (Å²) < 4.78 is 12.3. The maximum Gasteiger partial charge on any atom is 0.253 e. The molecular weight excluding hydrogens is 510 g/mol. The zero-order chi connectivity index (χ0) is 28.8. The molecule has 9 heteroatoms. The summed E-state index contributed by atoms with van der Waals surface area (Å²) in [5.74, 6) is -1.86. The highest BCUT2D eigenvalue weighted by Gasteiger charge is 2.76. The predicted molar refractivity (Wildman–Crippen MR) is 151 cm³/mol. The van der Waals surface area contributed by atoms with Gasteiger partial charge in [0.05, 0.1) is 37.2 Å². The van der Waals surface area contributed by atoms with Gasteiger partial charge < -0.3 is 29.3 Å². The number of benzene rings is 1. The number of nitrogens with zero attached hydrogens (tertiary/aromatic N) is 3. The van der Waals surface area contributed by atoms with Crippen molar-refractivity contribution in [3.63, 3.8) is 0 Å². The third kappa shape index (κ3) is 4.08. The van der Waals surface area contributed by atoms with Crippen molar-refractivity contribution in [3.05, 3.63) is 48.6 Å². The van der Waals surface area contributed by atoms with E-state index in [-0.39, 0.29) is 36.8 Å². The Balaban J connectivity index is 1.68. The molecule has 1 N–H and O–H groups in total. The Bertz CT molecular complexity index is 1210. The highest BCUT2D eigenvalue weighted by molar-refractivity contribution is 6.06. The van der Waals surface area contributed by atoms with Gasteiger partial charge in [-0.2, -0.15) is 0 Å². The van der Waals surface area contributed by atoms with Crippen LogP contribution in [0, 0.1) is 17.8 Å². The second kappa shape index (κ2) is 10.7. The third-order valence-corrected chi connectivity index (χ3v) is 9.15. The van der Waals surface area contributed by atoms with Gasteiger partial charge in [0.25, 0.3) is 5.91 Å². The van der Waals surface area contributed by atoms with Crippen LogP contribution in [0.5, 0.6) is 5.75 Å². The molecule has 4 aliphatic heterocycles. The molecule has 2 saturated heterocycles. The number of likely N-dealkylation sites (tertiary alicyclic amines) is 1. The highest BCUT2D eigenvalue weighted by Crippen LogP contribution is 2.59. The minimum atomic E-state index is -1.35. The number of aliphatic hydroxyl groups is 1. The summed E-state index contributed by atoms with van der Waals surface area (Å²) in [6.07, 6.45) is 8.91. The van der Waals surface area contributed by atoms with Crippen molar-refractivity contribution in [1.29, 1.82) is 0 Å². The summed E-state index contributed by atoms with van der Waals surface area (Å²) in [6, 6.07) is 5.56. The van der Waals surface area contributed by atoms with E-state index >= 15 is 0 Å². The molecule has 4 heterocycles. The minimum absolute atomic E-state index is 0.119. The number of fused-ring (bicyclic) bond motifs is 2. The number of amides is 3. The number of aliphatic hydroxyl groups excluding tert-OH is 1. The number of anilines is 1. The lowest BCUT2D eigenvalue weighted by Gasteiger charge is -2.41. The lowest BCUT2D eigenvalue weighted by molar-refractivity contribution is -0.153. The van der Waals surface area contributed by atoms with Gasteiger partial charge in [-0.1, -0.05) is 52.0 Å². The Labute approximate surface area is 236 Å². The standard InChI is InChI=1S/C31H41N3O6/c1-6-16-32-17-8-14-30(7-2)24(27(32)36)25-28(37)34(23(19-35)20(3)4)26-29(38)33(18-9-15-31(25,26)40-30)21-10-12-22(39-5)13-11-21/h8-15,20,23-26,35H,6-7,16-19H2,1-5H3/t23-,24+,25-,26?,30-,31-/m0/s1. The molecule has 9 nitrogen and oxygen atoms in total. The van der Waals surface area contributed by atoms with Gasteiger partial charge in [0.1, 0.15) is 17.4 Å². The van der Waals surface area contributed by atoms with Crippen molar-refractivity contribution in [1.82, 2.24) is 9.80 Å². The van der Waals surface area contributed by atoms with E-state index in [1.54, 1.807) is 29.0 Å². The SMILES string of the molecule is CCCN1CC=C[C@]2(CC)O[C@]34C=CCN(c5ccc(OC)cc5)C(=O)C3N([C@@H](CO)C(C)C)C(=O)[C@@H]4[C@@H]2C1=O. The summed E-state index contributed by atoms with van der Waals surface area (Å²) in [6.45, 7) is 8.84. The first-order valence-electron chi connectivity index (χ1n) is 14.4. The third-order valence-electron chi connectivity index (χ3n) is 9.15. The summed E-state index contributed by atoms with van der Waals surface area (Å²) in [5.41, 5.74) is -1.71. The van der Waals surface area contributed by atoms with Gasteiger partial charge in [0.2, 0.25) is 11.8 Å². The first kappa shape index (κ1) is 28.4. The molecule has 0 saturated carbocycles. The Morgan fingerprint density at radius 2 is 1.70 bits per heavy atom. The van der Waals surface area contributed by atoms with Crippen molar-refractivity contribution >= 4 is 23.4 Å². The molecule has 0 aliphatic carbocycles. The van der Waals surface area contributed by atoms with Gasteiger partial charge in [-0.15, -0.1) is 0 Å². The zero-order valence-electron chi connectivity index (χ0n) is 24.1. The van der Waals surface area contributed by atoms with Gasteiger partial charge in [-0.25, -0.2) is 0 Å². The highest BCUT2D eigenvalue weighted by atomic mass is 16.5. The van der Waals surface area contributed by atoms with Crippen LogP contribution in [0.25, 0.3) is 0 Å². The molecule has 0 bridgehead atoms. The van der Waals surface area contributed by atoms with Gasteiger partial charge in [-0.3, -0.25) is 14.4 Å². The fourth-order valence-electron chi connectivity index (χ4n) is 7.19. The molecular formula is C31H41N3O6. The molecule has 5 rings (SSSR count). The molecule has 0 radical (unpaired) electrons. The Hall–Kier alpha value is -3.17. The Morgan fingerprint density at radius 3 is 2.30 bits per heavy atom. The lowest BCUT2D eigenvalue weighted by atomic mass is 9.73. The van der Waals surface area contributed by atoms with Crippen molar-refractivity contribution in [2.24, 2.45) is 17.8 Å². The average Bonchev–Trinajstić information content (AvgIpc) is 3.24. The number of hydrogen-bond donors (Lipinski definition) is 1. The summed E-state index contributed by atoms with van der Waals surface area (Å²) in [5, 5.41) is 10.5. The maximum atomic E-state index is 14.6. The molecule has 1 unspecified atom stereocenters. The van der Waals surface area contributed by atoms with Crippen LogP contribution in [0.4, 0.5) is 5.69 Å². The molecule has 216 valence electrons. The van der Waals surface area contributed by atoms with Crippen LogP contribution in [0.15, 0.2) is 48.6 Å². The first-order valence-corrected chi connectivity index (χ1v) is 14.4. The van der Waals surface area contributed by atoms with Crippen LogP contribution in [-0.2, 0) is 19.1 Å². The maximum absolute atomic E-state index is 14.6. The molecule has 1 spiro atoms. The van der Waals surface area contributed by atoms with Gasteiger partial charge in [0.15, 0.2) is 0 Å². The Morgan fingerprint density at radius 1 is 1.00 bits per heavy atom. The molecule has 1 aromatic carbocycles. The van der Waals surface area contributed by atoms with E-state index in [1.165, 1.54) is 4.90 Å². The summed E-state index contributed by atoms with van der Waals surface area (Å²) >= 11 is 0. The second-order valence-electron chi connectivity index (χ2n) is 11.6. The number of hydrogen-bond acceptors (Lipinski definition) is 6. The van der Waals surface area contributed by atoms with Crippen LogP contribution in [0.2, 0.25) is 0 Å². The van der Waals surface area contributed by atoms with E-state index < -0.39 is 35.1 Å². The van der Waals surface area contributed by atoms with Crippen molar-refractivity contribution in [3.8, 4) is 5.75 Å². The van der Waals surface area contributed by atoms with E-state index in [9.17, 15) is 19.5 Å². The van der Waals surface area contributed by atoms with Crippen molar-refractivity contribution in [2.45, 2.75) is 63.8 Å². The predicted octanol–water partition coefficient (Wildman–Crippen LogP) is 2.78. The largest absolute Gasteiger partial charge is 0.497 e. The quantitative estimate of drug-likeness (QED) is 0.499.